The largest absolute Gasteiger partial charge is 0.376 e. The Morgan fingerprint density at radius 3 is 2.92 bits per heavy atom. The van der Waals surface area contributed by atoms with Gasteiger partial charge in [0, 0.05) is 13.2 Å². The number of hydrogen-bond acceptors (Lipinski definition) is 3. The molecule has 2 heterocycles. The number of carbonyl (C=O) groups excluding carboxylic acids is 1. The number of nitrogens with one attached hydrogen (secondary N) is 1. The van der Waals surface area contributed by atoms with Crippen LogP contribution < -0.4 is 5.32 Å². The van der Waals surface area contributed by atoms with Crippen molar-refractivity contribution in [1.82, 2.24) is 15.1 Å². The molecule has 1 atom stereocenters. The first-order valence-corrected chi connectivity index (χ1v) is 9.20. The Morgan fingerprint density at radius 1 is 1.46 bits per heavy atom. The average Bonchev–Trinajstić information content (AvgIpc) is 3.20. The Kier molecular flexibility index (Phi) is 5.71. The summed E-state index contributed by atoms with van der Waals surface area (Å²) in [6, 6.07) is 6.25. The number of carbonyl (C=O) groups is 1. The standard InChI is InChI=1S/C20H26FN3O2/c1-13(2)10-18-19(20(25)22-12-17-8-5-9-26-17)14(3)24(23-18)16-7-4-6-15(21)11-16/h4,6-7,11,13,17H,5,8-10,12H2,1-3H3,(H,22,25)/t17-/m1/s1. The van der Waals surface area contributed by atoms with E-state index in [0.717, 1.165) is 30.8 Å². The molecule has 140 valence electrons. The molecule has 5 nitrogen and oxygen atoms in total. The first kappa shape index (κ1) is 18.6. The van der Waals surface area contributed by atoms with Gasteiger partial charge < -0.3 is 10.1 Å². The topological polar surface area (TPSA) is 56.1 Å². The van der Waals surface area contributed by atoms with E-state index in [1.54, 1.807) is 16.8 Å². The van der Waals surface area contributed by atoms with E-state index in [9.17, 15) is 9.18 Å². The van der Waals surface area contributed by atoms with Crippen LogP contribution in [-0.4, -0.2) is 34.9 Å². The number of benzene rings is 1. The van der Waals surface area contributed by atoms with Crippen molar-refractivity contribution in [3.8, 4) is 5.69 Å². The molecule has 0 radical (unpaired) electrons. The molecule has 1 aromatic carbocycles. The quantitative estimate of drug-likeness (QED) is 0.860. The molecule has 0 saturated carbocycles. The van der Waals surface area contributed by atoms with Crippen LogP contribution in [0.5, 0.6) is 0 Å². The maximum absolute atomic E-state index is 13.6. The number of amides is 1. The summed E-state index contributed by atoms with van der Waals surface area (Å²) >= 11 is 0. The van der Waals surface area contributed by atoms with Crippen molar-refractivity contribution in [3.05, 3.63) is 47.0 Å². The molecule has 1 aromatic heterocycles. The summed E-state index contributed by atoms with van der Waals surface area (Å²) in [5.41, 5.74) is 2.66. The van der Waals surface area contributed by atoms with E-state index < -0.39 is 0 Å². The molecule has 1 saturated heterocycles. The van der Waals surface area contributed by atoms with Crippen molar-refractivity contribution in [2.75, 3.05) is 13.2 Å². The first-order valence-electron chi connectivity index (χ1n) is 9.20. The van der Waals surface area contributed by atoms with Gasteiger partial charge in [0.25, 0.3) is 5.91 Å². The van der Waals surface area contributed by atoms with E-state index in [-0.39, 0.29) is 17.8 Å². The van der Waals surface area contributed by atoms with E-state index >= 15 is 0 Å². The highest BCUT2D eigenvalue weighted by atomic mass is 19.1. The minimum absolute atomic E-state index is 0.0890. The summed E-state index contributed by atoms with van der Waals surface area (Å²) in [6.07, 6.45) is 2.79. The summed E-state index contributed by atoms with van der Waals surface area (Å²) in [5.74, 6) is -0.113. The molecule has 26 heavy (non-hydrogen) atoms. The molecule has 2 aromatic rings. The van der Waals surface area contributed by atoms with Crippen LogP contribution in [0.3, 0.4) is 0 Å². The zero-order valence-corrected chi connectivity index (χ0v) is 15.6. The predicted octanol–water partition coefficient (Wildman–Crippen LogP) is 3.43. The molecular weight excluding hydrogens is 333 g/mol. The summed E-state index contributed by atoms with van der Waals surface area (Å²) < 4.78 is 20.8. The van der Waals surface area contributed by atoms with Crippen LogP contribution >= 0.6 is 0 Å². The van der Waals surface area contributed by atoms with E-state index in [1.165, 1.54) is 12.1 Å². The fourth-order valence-electron chi connectivity index (χ4n) is 3.34. The third-order valence-corrected chi connectivity index (χ3v) is 4.58. The molecule has 1 aliphatic rings. The zero-order chi connectivity index (χ0) is 18.7. The van der Waals surface area contributed by atoms with Crippen LogP contribution in [0.25, 0.3) is 5.69 Å². The highest BCUT2D eigenvalue weighted by Crippen LogP contribution is 2.22. The number of ether oxygens (including phenoxy) is 1. The maximum atomic E-state index is 13.6. The average molecular weight is 359 g/mol. The fraction of sp³-hybridized carbons (Fsp3) is 0.500. The maximum Gasteiger partial charge on any atom is 0.255 e. The van der Waals surface area contributed by atoms with Crippen LogP contribution in [0, 0.1) is 18.7 Å². The lowest BCUT2D eigenvalue weighted by Crippen LogP contribution is -2.32. The van der Waals surface area contributed by atoms with Gasteiger partial charge in [0.1, 0.15) is 5.82 Å². The molecule has 0 aliphatic carbocycles. The molecule has 0 spiro atoms. The second-order valence-corrected chi connectivity index (χ2v) is 7.24. The van der Waals surface area contributed by atoms with Crippen LogP contribution in [-0.2, 0) is 11.2 Å². The Balaban J connectivity index is 1.89. The van der Waals surface area contributed by atoms with Gasteiger partial charge in [-0.3, -0.25) is 4.79 Å². The van der Waals surface area contributed by atoms with Gasteiger partial charge in [-0.15, -0.1) is 0 Å². The second kappa shape index (κ2) is 7.99. The van der Waals surface area contributed by atoms with Gasteiger partial charge in [0.05, 0.1) is 28.7 Å². The van der Waals surface area contributed by atoms with Gasteiger partial charge in [-0.1, -0.05) is 19.9 Å². The molecule has 0 unspecified atom stereocenters. The lowest BCUT2D eigenvalue weighted by Gasteiger charge is -2.12. The predicted molar refractivity (Wildman–Crippen MR) is 98.1 cm³/mol. The van der Waals surface area contributed by atoms with Gasteiger partial charge >= 0.3 is 0 Å². The van der Waals surface area contributed by atoms with Crippen LogP contribution in [0.4, 0.5) is 4.39 Å². The van der Waals surface area contributed by atoms with Crippen molar-refractivity contribution >= 4 is 5.91 Å². The Hall–Kier alpha value is -2.21. The third-order valence-electron chi connectivity index (χ3n) is 4.58. The van der Waals surface area contributed by atoms with E-state index in [1.807, 2.05) is 6.92 Å². The highest BCUT2D eigenvalue weighted by Gasteiger charge is 2.24. The number of halogens is 1. The van der Waals surface area contributed by atoms with E-state index in [4.69, 9.17) is 4.74 Å². The normalized spacial score (nSPS) is 17.0. The van der Waals surface area contributed by atoms with E-state index in [2.05, 4.69) is 24.3 Å². The van der Waals surface area contributed by atoms with Crippen molar-refractivity contribution in [1.29, 1.82) is 0 Å². The SMILES string of the molecule is Cc1c(C(=O)NC[C@H]2CCCO2)c(CC(C)C)nn1-c1cccc(F)c1. The summed E-state index contributed by atoms with van der Waals surface area (Å²) in [6.45, 7) is 7.29. The molecule has 1 N–H and O–H groups in total. The summed E-state index contributed by atoms with van der Waals surface area (Å²) in [7, 11) is 0. The highest BCUT2D eigenvalue weighted by molar-refractivity contribution is 5.96. The molecule has 0 bridgehead atoms. The van der Waals surface area contributed by atoms with Gasteiger partial charge in [0.15, 0.2) is 0 Å². The van der Waals surface area contributed by atoms with Gasteiger partial charge in [0.2, 0.25) is 0 Å². The minimum atomic E-state index is -0.327. The molecular formula is C20H26FN3O2. The van der Waals surface area contributed by atoms with Crippen LogP contribution in [0.1, 0.15) is 48.4 Å². The first-order chi connectivity index (χ1) is 12.5. The molecule has 6 heteroatoms. The van der Waals surface area contributed by atoms with Crippen LogP contribution in [0.15, 0.2) is 24.3 Å². The number of nitrogens with zero attached hydrogens (tertiary/aromatic N) is 2. The summed E-state index contributed by atoms with van der Waals surface area (Å²) in [4.78, 5) is 12.8. The van der Waals surface area contributed by atoms with E-state index in [0.29, 0.717) is 30.1 Å². The second-order valence-electron chi connectivity index (χ2n) is 7.24. The fourth-order valence-corrected chi connectivity index (χ4v) is 3.34. The summed E-state index contributed by atoms with van der Waals surface area (Å²) in [5, 5.41) is 7.60. The van der Waals surface area contributed by atoms with Gasteiger partial charge in [-0.05, 0) is 50.3 Å². The third kappa shape index (κ3) is 4.12. The Labute approximate surface area is 153 Å². The van der Waals surface area contributed by atoms with Gasteiger partial charge in [-0.2, -0.15) is 5.10 Å². The zero-order valence-electron chi connectivity index (χ0n) is 15.6. The minimum Gasteiger partial charge on any atom is -0.376 e. The molecule has 1 aliphatic heterocycles. The van der Waals surface area contributed by atoms with Crippen molar-refractivity contribution in [2.45, 2.75) is 46.1 Å². The molecule has 3 rings (SSSR count). The number of hydrogen-bond donors (Lipinski definition) is 1. The van der Waals surface area contributed by atoms with Crippen molar-refractivity contribution < 1.29 is 13.9 Å². The number of rotatable bonds is 6. The lowest BCUT2D eigenvalue weighted by molar-refractivity contribution is 0.0856. The van der Waals surface area contributed by atoms with Gasteiger partial charge in [-0.25, -0.2) is 9.07 Å². The van der Waals surface area contributed by atoms with Crippen molar-refractivity contribution in [2.24, 2.45) is 5.92 Å². The molecule has 1 amide bonds. The van der Waals surface area contributed by atoms with Crippen molar-refractivity contribution in [3.63, 3.8) is 0 Å². The smallest absolute Gasteiger partial charge is 0.255 e. The number of aromatic nitrogens is 2. The molecule has 1 fully saturated rings. The Bertz CT molecular complexity index is 779. The lowest BCUT2D eigenvalue weighted by atomic mass is 10.0. The monoisotopic (exact) mass is 359 g/mol. The Morgan fingerprint density at radius 2 is 2.27 bits per heavy atom. The van der Waals surface area contributed by atoms with Crippen LogP contribution in [0.2, 0.25) is 0 Å².